The lowest BCUT2D eigenvalue weighted by Gasteiger charge is -2.17. The first-order valence-corrected chi connectivity index (χ1v) is 9.89. The van der Waals surface area contributed by atoms with Gasteiger partial charge in [-0.1, -0.05) is 32.5 Å². The molecule has 0 aromatic carbocycles. The molecule has 0 aliphatic heterocycles. The minimum atomic E-state index is -0.404. The van der Waals surface area contributed by atoms with Gasteiger partial charge in [0.05, 0.1) is 17.2 Å². The first kappa shape index (κ1) is 18.2. The Hall–Kier alpha value is -1.18. The number of carbonyl (C=O) groups is 2. The molecule has 23 heavy (non-hydrogen) atoms. The van der Waals surface area contributed by atoms with Gasteiger partial charge in [-0.3, -0.25) is 9.59 Å². The number of nitrogens with one attached hydrogen (secondary N) is 1. The molecular formula is C16H20N2O2S3. The third-order valence-corrected chi connectivity index (χ3v) is 6.23. The Morgan fingerprint density at radius 3 is 2.65 bits per heavy atom. The maximum Gasteiger partial charge on any atom is 0.225 e. The fourth-order valence-electron chi connectivity index (χ4n) is 1.65. The number of carbonyl (C=O) groups excluding carboxylic acids is 2. The monoisotopic (exact) mass is 368 g/mol. The van der Waals surface area contributed by atoms with Crippen molar-refractivity contribution in [3.05, 3.63) is 33.0 Å². The average Bonchev–Trinajstić information content (AvgIpc) is 3.10. The van der Waals surface area contributed by atoms with Gasteiger partial charge in [-0.2, -0.15) is 0 Å². The molecule has 0 aliphatic rings. The first-order valence-electron chi connectivity index (χ1n) is 7.21. The summed E-state index contributed by atoms with van der Waals surface area (Å²) in [5.74, 6) is 0.496. The normalized spacial score (nSPS) is 11.5. The van der Waals surface area contributed by atoms with E-state index in [4.69, 9.17) is 0 Å². The van der Waals surface area contributed by atoms with E-state index in [1.807, 2.05) is 45.2 Å². The Bertz CT molecular complexity index is 698. The van der Waals surface area contributed by atoms with Crippen LogP contribution in [-0.2, 0) is 11.3 Å². The number of aromatic nitrogens is 1. The second-order valence-corrected chi connectivity index (χ2v) is 9.41. The summed E-state index contributed by atoms with van der Waals surface area (Å²) in [4.78, 5) is 30.1. The number of hydrogen-bond donors (Lipinski definition) is 1. The SMILES string of the molecule is Cc1csc(SCC(=O)c2ccc(CNC(=O)C(C)(C)C)s2)n1. The van der Waals surface area contributed by atoms with Gasteiger partial charge in [-0.25, -0.2) is 4.98 Å². The smallest absolute Gasteiger partial charge is 0.225 e. The predicted molar refractivity (Wildman–Crippen MR) is 97.5 cm³/mol. The van der Waals surface area contributed by atoms with Crippen molar-refractivity contribution in [2.45, 2.75) is 38.6 Å². The number of thiophene rings is 1. The molecule has 0 aliphatic carbocycles. The van der Waals surface area contributed by atoms with Crippen LogP contribution in [0, 0.1) is 12.3 Å². The van der Waals surface area contributed by atoms with Crippen LogP contribution in [0.25, 0.3) is 0 Å². The molecule has 2 rings (SSSR count). The maximum absolute atomic E-state index is 12.2. The van der Waals surface area contributed by atoms with E-state index in [9.17, 15) is 9.59 Å². The molecule has 2 aromatic rings. The molecule has 0 bridgehead atoms. The van der Waals surface area contributed by atoms with E-state index in [1.165, 1.54) is 23.1 Å². The van der Waals surface area contributed by atoms with Crippen LogP contribution in [0.1, 0.15) is 41.0 Å². The molecule has 0 saturated carbocycles. The highest BCUT2D eigenvalue weighted by molar-refractivity contribution is 8.01. The van der Waals surface area contributed by atoms with Crippen molar-refractivity contribution in [1.29, 1.82) is 0 Å². The fraction of sp³-hybridized carbons (Fsp3) is 0.438. The molecular weight excluding hydrogens is 348 g/mol. The van der Waals surface area contributed by atoms with Gasteiger partial charge in [-0.15, -0.1) is 22.7 Å². The highest BCUT2D eigenvalue weighted by Crippen LogP contribution is 2.25. The highest BCUT2D eigenvalue weighted by atomic mass is 32.2. The van der Waals surface area contributed by atoms with Crippen LogP contribution >= 0.6 is 34.4 Å². The number of amides is 1. The Balaban J connectivity index is 1.86. The molecule has 2 aromatic heterocycles. The minimum Gasteiger partial charge on any atom is -0.351 e. The molecule has 0 spiro atoms. The summed E-state index contributed by atoms with van der Waals surface area (Å²) >= 11 is 4.47. The van der Waals surface area contributed by atoms with Crippen LogP contribution in [0.4, 0.5) is 0 Å². The van der Waals surface area contributed by atoms with Crippen LogP contribution in [0.15, 0.2) is 21.9 Å². The molecule has 0 unspecified atom stereocenters. The molecule has 7 heteroatoms. The number of hydrogen-bond acceptors (Lipinski definition) is 6. The zero-order valence-corrected chi connectivity index (χ0v) is 16.1. The van der Waals surface area contributed by atoms with Gasteiger partial charge in [0.1, 0.15) is 0 Å². The number of thioether (sulfide) groups is 1. The molecule has 0 saturated heterocycles. The second-order valence-electron chi connectivity index (χ2n) is 6.17. The van der Waals surface area contributed by atoms with Crippen LogP contribution in [0.2, 0.25) is 0 Å². The van der Waals surface area contributed by atoms with Gasteiger partial charge in [-0.05, 0) is 19.1 Å². The summed E-state index contributed by atoms with van der Waals surface area (Å²) in [7, 11) is 0. The van der Waals surface area contributed by atoms with E-state index >= 15 is 0 Å². The number of Topliss-reactive ketones (excluding diaryl/α,β-unsaturated/α-hetero) is 1. The van der Waals surface area contributed by atoms with Gasteiger partial charge >= 0.3 is 0 Å². The Morgan fingerprint density at radius 2 is 2.04 bits per heavy atom. The van der Waals surface area contributed by atoms with E-state index in [0.717, 1.165) is 19.8 Å². The Labute approximate surface area is 148 Å². The van der Waals surface area contributed by atoms with Crippen molar-refractivity contribution in [1.82, 2.24) is 10.3 Å². The number of ketones is 1. The Morgan fingerprint density at radius 1 is 1.30 bits per heavy atom. The number of nitrogens with zero attached hydrogens (tertiary/aromatic N) is 1. The van der Waals surface area contributed by atoms with Gasteiger partial charge in [0, 0.05) is 21.4 Å². The predicted octanol–water partition coefficient (Wildman–Crippen LogP) is 4.15. The molecule has 1 N–H and O–H groups in total. The van der Waals surface area contributed by atoms with Gasteiger partial charge in [0.2, 0.25) is 5.91 Å². The fourth-order valence-corrected chi connectivity index (χ4v) is 4.36. The second kappa shape index (κ2) is 7.59. The zero-order chi connectivity index (χ0) is 17.0. The van der Waals surface area contributed by atoms with Crippen LogP contribution in [0.5, 0.6) is 0 Å². The molecule has 124 valence electrons. The summed E-state index contributed by atoms with van der Waals surface area (Å²) in [5, 5.41) is 4.88. The van der Waals surface area contributed by atoms with Crippen LogP contribution in [-0.4, -0.2) is 22.4 Å². The summed E-state index contributed by atoms with van der Waals surface area (Å²) in [6.07, 6.45) is 0. The maximum atomic E-state index is 12.2. The summed E-state index contributed by atoms with van der Waals surface area (Å²) in [6.45, 7) is 8.04. The topological polar surface area (TPSA) is 59.1 Å². The van der Waals surface area contributed by atoms with Crippen molar-refractivity contribution in [3.63, 3.8) is 0 Å². The Kier molecular flexibility index (Phi) is 6.00. The average molecular weight is 369 g/mol. The lowest BCUT2D eigenvalue weighted by molar-refractivity contribution is -0.128. The van der Waals surface area contributed by atoms with Crippen molar-refractivity contribution < 1.29 is 9.59 Å². The van der Waals surface area contributed by atoms with Gasteiger partial charge in [0.25, 0.3) is 0 Å². The summed E-state index contributed by atoms with van der Waals surface area (Å²) < 4.78 is 0.921. The quantitative estimate of drug-likeness (QED) is 0.615. The third-order valence-electron chi connectivity index (χ3n) is 2.97. The van der Waals surface area contributed by atoms with E-state index in [0.29, 0.717) is 12.3 Å². The summed E-state index contributed by atoms with van der Waals surface area (Å²) in [5.41, 5.74) is 0.580. The lowest BCUT2D eigenvalue weighted by atomic mass is 9.96. The highest BCUT2D eigenvalue weighted by Gasteiger charge is 2.21. The minimum absolute atomic E-state index is 0.00784. The zero-order valence-electron chi connectivity index (χ0n) is 13.6. The number of rotatable bonds is 6. The van der Waals surface area contributed by atoms with Crippen LogP contribution < -0.4 is 5.32 Å². The molecule has 0 radical (unpaired) electrons. The van der Waals surface area contributed by atoms with E-state index in [-0.39, 0.29) is 11.7 Å². The molecule has 2 heterocycles. The first-order chi connectivity index (χ1) is 10.8. The molecule has 0 fully saturated rings. The largest absolute Gasteiger partial charge is 0.351 e. The van der Waals surface area contributed by atoms with Crippen molar-refractivity contribution in [3.8, 4) is 0 Å². The van der Waals surface area contributed by atoms with Gasteiger partial charge in [0.15, 0.2) is 10.1 Å². The lowest BCUT2D eigenvalue weighted by Crippen LogP contribution is -2.34. The van der Waals surface area contributed by atoms with E-state index in [2.05, 4.69) is 10.3 Å². The molecule has 1 amide bonds. The van der Waals surface area contributed by atoms with Crippen LogP contribution in [0.3, 0.4) is 0 Å². The third kappa shape index (κ3) is 5.44. The van der Waals surface area contributed by atoms with Crippen molar-refractivity contribution >= 4 is 46.1 Å². The standard InChI is InChI=1S/C16H20N2O2S3/c1-10-8-21-15(18-10)22-9-12(19)13-6-5-11(23-13)7-17-14(20)16(2,3)4/h5-6,8H,7,9H2,1-4H3,(H,17,20). The molecule has 4 nitrogen and oxygen atoms in total. The van der Waals surface area contributed by atoms with Gasteiger partial charge < -0.3 is 5.32 Å². The summed E-state index contributed by atoms with van der Waals surface area (Å²) in [6, 6.07) is 3.73. The van der Waals surface area contributed by atoms with Crippen molar-refractivity contribution in [2.24, 2.45) is 5.41 Å². The number of aryl methyl sites for hydroxylation is 1. The van der Waals surface area contributed by atoms with E-state index < -0.39 is 5.41 Å². The van der Waals surface area contributed by atoms with E-state index in [1.54, 1.807) is 11.3 Å². The van der Waals surface area contributed by atoms with Crippen molar-refractivity contribution in [2.75, 3.05) is 5.75 Å². The molecule has 0 atom stereocenters. The number of thiazole rings is 1.